The zero-order valence-corrected chi connectivity index (χ0v) is 15.4. The van der Waals surface area contributed by atoms with E-state index in [9.17, 15) is 14.0 Å². The summed E-state index contributed by atoms with van der Waals surface area (Å²) < 4.78 is 15.3. The number of benzene rings is 1. The third-order valence-electron chi connectivity index (χ3n) is 5.22. The minimum absolute atomic E-state index is 0.0708. The van der Waals surface area contributed by atoms with Crippen molar-refractivity contribution in [3.05, 3.63) is 69.4 Å². The van der Waals surface area contributed by atoms with Crippen molar-refractivity contribution < 1.29 is 9.18 Å². The Morgan fingerprint density at radius 2 is 2.04 bits per heavy atom. The summed E-state index contributed by atoms with van der Waals surface area (Å²) in [6, 6.07) is 10.5. The number of amides is 1. The Morgan fingerprint density at radius 3 is 2.77 bits per heavy atom. The second-order valence-electron chi connectivity index (χ2n) is 7.19. The Balaban J connectivity index is 1.54. The van der Waals surface area contributed by atoms with E-state index in [-0.39, 0.29) is 17.3 Å². The second kappa shape index (κ2) is 7.85. The summed E-state index contributed by atoms with van der Waals surface area (Å²) in [6.07, 6.45) is 2.06. The van der Waals surface area contributed by atoms with Gasteiger partial charge in [0, 0.05) is 37.8 Å². The first-order valence-electron chi connectivity index (χ1n) is 9.13. The number of pyridine rings is 1. The number of hydrogen-bond acceptors (Lipinski definition) is 2. The van der Waals surface area contributed by atoms with Gasteiger partial charge in [-0.15, -0.1) is 0 Å². The molecule has 0 aliphatic carbocycles. The number of aromatic nitrogens is 1. The zero-order chi connectivity index (χ0) is 18.7. The molecule has 0 radical (unpaired) electrons. The van der Waals surface area contributed by atoms with Crippen molar-refractivity contribution in [2.24, 2.45) is 5.92 Å². The quantitative estimate of drug-likeness (QED) is 0.826. The fourth-order valence-electron chi connectivity index (χ4n) is 3.60. The maximum atomic E-state index is 13.7. The molecule has 1 amide bonds. The van der Waals surface area contributed by atoms with Crippen LogP contribution in [0.2, 0.25) is 0 Å². The largest absolute Gasteiger partial charge is 0.342 e. The van der Waals surface area contributed by atoms with Crippen LogP contribution in [0, 0.1) is 25.6 Å². The maximum Gasteiger partial charge on any atom is 0.250 e. The Hall–Kier alpha value is -2.43. The van der Waals surface area contributed by atoms with E-state index < -0.39 is 0 Å². The van der Waals surface area contributed by atoms with E-state index in [0.717, 1.165) is 30.6 Å². The van der Waals surface area contributed by atoms with Crippen molar-refractivity contribution in [1.29, 1.82) is 0 Å². The lowest BCUT2D eigenvalue weighted by molar-refractivity contribution is -0.130. The molecule has 1 aliphatic rings. The molecule has 1 fully saturated rings. The van der Waals surface area contributed by atoms with Gasteiger partial charge in [0.15, 0.2) is 0 Å². The van der Waals surface area contributed by atoms with Gasteiger partial charge in [-0.2, -0.15) is 0 Å². The molecule has 5 heteroatoms. The molecule has 1 atom stereocenters. The highest BCUT2D eigenvalue weighted by molar-refractivity contribution is 5.76. The van der Waals surface area contributed by atoms with E-state index in [2.05, 4.69) is 0 Å². The monoisotopic (exact) mass is 356 g/mol. The predicted molar refractivity (Wildman–Crippen MR) is 99.6 cm³/mol. The van der Waals surface area contributed by atoms with Crippen molar-refractivity contribution in [3.8, 4) is 0 Å². The summed E-state index contributed by atoms with van der Waals surface area (Å²) in [5, 5.41) is 0. The van der Waals surface area contributed by atoms with Crippen LogP contribution in [0.4, 0.5) is 4.39 Å². The standard InChI is InChI=1S/C21H25FN2O2/c1-15-6-7-17(13-19(15)22)12-18-8-10-23(14-18)20(25)9-11-24-16(2)4-3-5-21(24)26/h3-7,13,18H,8-12,14H2,1-2H3. The summed E-state index contributed by atoms with van der Waals surface area (Å²) in [5.41, 5.74) is 2.44. The van der Waals surface area contributed by atoms with Crippen molar-refractivity contribution >= 4 is 5.91 Å². The fraction of sp³-hybridized carbons (Fsp3) is 0.429. The molecule has 0 bridgehead atoms. The summed E-state index contributed by atoms with van der Waals surface area (Å²) in [7, 11) is 0. The smallest absolute Gasteiger partial charge is 0.250 e. The Kier molecular flexibility index (Phi) is 5.55. The average molecular weight is 356 g/mol. The number of rotatable bonds is 5. The molecule has 0 spiro atoms. The van der Waals surface area contributed by atoms with Crippen molar-refractivity contribution in [2.45, 2.75) is 39.7 Å². The zero-order valence-electron chi connectivity index (χ0n) is 15.4. The molecule has 0 N–H and O–H groups in total. The van der Waals surface area contributed by atoms with Gasteiger partial charge in [0.2, 0.25) is 5.91 Å². The topological polar surface area (TPSA) is 42.3 Å². The van der Waals surface area contributed by atoms with Crippen LogP contribution < -0.4 is 5.56 Å². The third-order valence-corrected chi connectivity index (χ3v) is 5.22. The molecule has 0 saturated carbocycles. The van der Waals surface area contributed by atoms with Gasteiger partial charge >= 0.3 is 0 Å². The third kappa shape index (κ3) is 4.21. The molecular formula is C21H25FN2O2. The van der Waals surface area contributed by atoms with Gasteiger partial charge in [0.25, 0.3) is 5.56 Å². The molecule has 2 aromatic rings. The van der Waals surface area contributed by atoms with Gasteiger partial charge in [-0.25, -0.2) is 4.39 Å². The van der Waals surface area contributed by atoms with Crippen LogP contribution in [0.5, 0.6) is 0 Å². The van der Waals surface area contributed by atoms with E-state index >= 15 is 0 Å². The predicted octanol–water partition coefficient (Wildman–Crippen LogP) is 3.09. The van der Waals surface area contributed by atoms with Crippen molar-refractivity contribution in [3.63, 3.8) is 0 Å². The molecule has 2 heterocycles. The Morgan fingerprint density at radius 1 is 1.23 bits per heavy atom. The Bertz CT molecular complexity index is 859. The van der Waals surface area contributed by atoms with Gasteiger partial charge in [-0.3, -0.25) is 9.59 Å². The molecule has 4 nitrogen and oxygen atoms in total. The van der Waals surface area contributed by atoms with E-state index in [0.29, 0.717) is 31.0 Å². The number of halogens is 1. The molecule has 1 saturated heterocycles. The number of carbonyl (C=O) groups is 1. The van der Waals surface area contributed by atoms with Crippen LogP contribution in [0.3, 0.4) is 0 Å². The lowest BCUT2D eigenvalue weighted by atomic mass is 9.98. The molecule has 3 rings (SSSR count). The van der Waals surface area contributed by atoms with E-state index in [4.69, 9.17) is 0 Å². The van der Waals surface area contributed by atoms with Crippen LogP contribution in [0.1, 0.15) is 29.7 Å². The van der Waals surface area contributed by atoms with E-state index in [1.165, 1.54) is 6.07 Å². The van der Waals surface area contributed by atoms with Crippen LogP contribution in [0.15, 0.2) is 41.2 Å². The molecule has 1 unspecified atom stereocenters. The van der Waals surface area contributed by atoms with Crippen molar-refractivity contribution in [2.75, 3.05) is 13.1 Å². The summed E-state index contributed by atoms with van der Waals surface area (Å²) in [5.74, 6) is 0.275. The van der Waals surface area contributed by atoms with Gasteiger partial charge in [0.05, 0.1) is 0 Å². The number of hydrogen-bond donors (Lipinski definition) is 0. The molecule has 1 aromatic heterocycles. The molecule has 1 aliphatic heterocycles. The molecule has 26 heavy (non-hydrogen) atoms. The van der Waals surface area contributed by atoms with E-state index in [1.807, 2.05) is 30.0 Å². The molecule has 138 valence electrons. The normalized spacial score (nSPS) is 16.9. The van der Waals surface area contributed by atoms with Crippen LogP contribution in [-0.2, 0) is 17.8 Å². The summed E-state index contributed by atoms with van der Waals surface area (Å²) >= 11 is 0. The highest BCUT2D eigenvalue weighted by Gasteiger charge is 2.26. The lowest BCUT2D eigenvalue weighted by Crippen LogP contribution is -2.31. The van der Waals surface area contributed by atoms with Crippen LogP contribution in [-0.4, -0.2) is 28.5 Å². The van der Waals surface area contributed by atoms with E-state index in [1.54, 1.807) is 23.6 Å². The summed E-state index contributed by atoms with van der Waals surface area (Å²) in [4.78, 5) is 26.3. The van der Waals surface area contributed by atoms with Gasteiger partial charge < -0.3 is 9.47 Å². The van der Waals surface area contributed by atoms with Crippen LogP contribution >= 0.6 is 0 Å². The van der Waals surface area contributed by atoms with Crippen molar-refractivity contribution in [1.82, 2.24) is 9.47 Å². The first kappa shape index (κ1) is 18.4. The summed E-state index contributed by atoms with van der Waals surface area (Å²) in [6.45, 7) is 5.49. The lowest BCUT2D eigenvalue weighted by Gasteiger charge is -2.17. The molecular weight excluding hydrogens is 331 g/mol. The minimum atomic E-state index is -0.169. The van der Waals surface area contributed by atoms with Gasteiger partial charge in [-0.1, -0.05) is 18.2 Å². The van der Waals surface area contributed by atoms with Gasteiger partial charge in [-0.05, 0) is 55.9 Å². The SMILES string of the molecule is Cc1ccc(CC2CCN(C(=O)CCn3c(C)cccc3=O)C2)cc1F. The first-order chi connectivity index (χ1) is 12.4. The number of nitrogens with zero attached hydrogens (tertiary/aromatic N) is 2. The number of likely N-dealkylation sites (tertiary alicyclic amines) is 1. The van der Waals surface area contributed by atoms with Crippen LogP contribution in [0.25, 0.3) is 0 Å². The highest BCUT2D eigenvalue weighted by Crippen LogP contribution is 2.22. The average Bonchev–Trinajstić information content (AvgIpc) is 3.06. The first-order valence-corrected chi connectivity index (χ1v) is 9.13. The number of aryl methyl sites for hydroxylation is 2. The number of carbonyl (C=O) groups excluding carboxylic acids is 1. The Labute approximate surface area is 153 Å². The molecule has 1 aromatic carbocycles. The van der Waals surface area contributed by atoms with Gasteiger partial charge in [0.1, 0.15) is 5.82 Å². The highest BCUT2D eigenvalue weighted by atomic mass is 19.1. The second-order valence-corrected chi connectivity index (χ2v) is 7.19. The maximum absolute atomic E-state index is 13.7. The fourth-order valence-corrected chi connectivity index (χ4v) is 3.60. The minimum Gasteiger partial charge on any atom is -0.342 e.